The quantitative estimate of drug-likeness (QED) is 0.379. The van der Waals surface area contributed by atoms with Crippen molar-refractivity contribution in [3.8, 4) is 17.0 Å². The zero-order valence-corrected chi connectivity index (χ0v) is 15.7. The van der Waals surface area contributed by atoms with Crippen LogP contribution in [0.15, 0.2) is 47.0 Å². The number of fused-ring (bicyclic) bond motifs is 1. The van der Waals surface area contributed by atoms with Crippen LogP contribution in [0, 0.1) is 6.92 Å². The minimum atomic E-state index is -0.441. The molecule has 0 spiro atoms. The Hall–Kier alpha value is -2.95. The summed E-state index contributed by atoms with van der Waals surface area (Å²) >= 11 is 0. The Labute approximate surface area is 152 Å². The molecule has 134 valence electrons. The van der Waals surface area contributed by atoms with E-state index in [0.29, 0.717) is 11.3 Å². The van der Waals surface area contributed by atoms with Crippen LogP contribution in [-0.2, 0) is 10.2 Å². The fourth-order valence-electron chi connectivity index (χ4n) is 2.69. The van der Waals surface area contributed by atoms with Gasteiger partial charge in [-0.05, 0) is 38.1 Å². The lowest BCUT2D eigenvalue weighted by molar-refractivity contribution is -0.130. The monoisotopic (exact) mass is 350 g/mol. The number of aryl methyl sites for hydroxylation is 1. The topological polar surface area (TPSA) is 65.2 Å². The van der Waals surface area contributed by atoms with E-state index < -0.39 is 5.97 Å². The molecule has 0 aliphatic heterocycles. The van der Waals surface area contributed by atoms with Crippen LogP contribution in [0.4, 0.5) is 0 Å². The van der Waals surface area contributed by atoms with Crippen LogP contribution in [0.1, 0.15) is 39.1 Å². The minimum absolute atomic E-state index is 0.148. The van der Waals surface area contributed by atoms with Crippen LogP contribution >= 0.6 is 0 Å². The van der Waals surface area contributed by atoms with Gasteiger partial charge in [0.2, 0.25) is 0 Å². The zero-order valence-electron chi connectivity index (χ0n) is 15.7. The molecule has 0 saturated carbocycles. The molecule has 0 amide bonds. The predicted octanol–water partition coefficient (Wildman–Crippen LogP) is 4.98. The van der Waals surface area contributed by atoms with Crippen molar-refractivity contribution in [3.05, 3.63) is 53.9 Å². The van der Waals surface area contributed by atoms with E-state index in [-0.39, 0.29) is 5.41 Å². The van der Waals surface area contributed by atoms with Crippen molar-refractivity contribution in [2.45, 2.75) is 40.0 Å². The van der Waals surface area contributed by atoms with E-state index in [0.717, 1.165) is 33.6 Å². The number of hydrogen-bond donors (Lipinski definition) is 0. The average molecular weight is 350 g/mol. The summed E-state index contributed by atoms with van der Waals surface area (Å²) in [6, 6.07) is 9.23. The molecule has 0 N–H and O–H groups in total. The minimum Gasteiger partial charge on any atom is -0.423 e. The van der Waals surface area contributed by atoms with Crippen LogP contribution in [0.25, 0.3) is 22.2 Å². The molecule has 0 fully saturated rings. The second-order valence-corrected chi connectivity index (χ2v) is 7.43. The molecule has 3 aromatic rings. The van der Waals surface area contributed by atoms with Gasteiger partial charge in [0.25, 0.3) is 0 Å². The molecule has 0 unspecified atom stereocenters. The van der Waals surface area contributed by atoms with E-state index in [9.17, 15) is 4.79 Å². The normalized spacial score (nSPS) is 11.6. The van der Waals surface area contributed by atoms with Gasteiger partial charge in [-0.1, -0.05) is 38.6 Å². The maximum Gasteiger partial charge on any atom is 0.338 e. The molecule has 2 heterocycles. The maximum absolute atomic E-state index is 11.7. The van der Waals surface area contributed by atoms with E-state index >= 15 is 0 Å². The lowest BCUT2D eigenvalue weighted by atomic mass is 9.87. The number of aromatic nitrogens is 2. The summed E-state index contributed by atoms with van der Waals surface area (Å²) in [6.07, 6.45) is 0. The molecule has 1 aromatic carbocycles. The summed E-state index contributed by atoms with van der Waals surface area (Å²) in [5, 5.41) is 5.11. The van der Waals surface area contributed by atoms with Crippen LogP contribution in [-0.4, -0.2) is 16.1 Å². The molecular weight excluding hydrogens is 328 g/mol. The number of nitrogens with zero attached hydrogens (tertiary/aromatic N) is 2. The number of carbonyl (C=O) groups is 1. The molecule has 3 rings (SSSR count). The molecule has 0 saturated heterocycles. The highest BCUT2D eigenvalue weighted by Gasteiger charge is 2.26. The molecule has 2 aromatic heterocycles. The summed E-state index contributed by atoms with van der Waals surface area (Å²) in [7, 11) is 0. The van der Waals surface area contributed by atoms with Gasteiger partial charge in [0.1, 0.15) is 11.5 Å². The van der Waals surface area contributed by atoms with E-state index in [4.69, 9.17) is 14.2 Å². The van der Waals surface area contributed by atoms with Crippen LogP contribution in [0.5, 0.6) is 5.75 Å². The van der Waals surface area contributed by atoms with Crippen LogP contribution < -0.4 is 4.74 Å². The average Bonchev–Trinajstić information content (AvgIpc) is 2.96. The van der Waals surface area contributed by atoms with Crippen molar-refractivity contribution < 1.29 is 14.1 Å². The van der Waals surface area contributed by atoms with Crippen LogP contribution in [0.3, 0.4) is 0 Å². The summed E-state index contributed by atoms with van der Waals surface area (Å²) in [5.41, 5.74) is 3.64. The number of hydrogen-bond acceptors (Lipinski definition) is 5. The smallest absolute Gasteiger partial charge is 0.338 e. The van der Waals surface area contributed by atoms with E-state index in [1.807, 2.05) is 25.1 Å². The fourth-order valence-corrected chi connectivity index (χ4v) is 2.69. The highest BCUT2D eigenvalue weighted by atomic mass is 16.5. The first kappa shape index (κ1) is 17.9. The molecular formula is C21H22N2O3. The Balaban J connectivity index is 2.03. The van der Waals surface area contributed by atoms with Gasteiger partial charge < -0.3 is 9.26 Å². The Morgan fingerprint density at radius 3 is 2.58 bits per heavy atom. The van der Waals surface area contributed by atoms with Crippen molar-refractivity contribution in [2.24, 2.45) is 0 Å². The molecule has 0 aliphatic carbocycles. The lowest BCUT2D eigenvalue weighted by Gasteiger charge is -2.16. The number of pyridine rings is 1. The van der Waals surface area contributed by atoms with E-state index in [2.05, 4.69) is 32.5 Å². The fraction of sp³-hybridized carbons (Fsp3) is 0.286. The van der Waals surface area contributed by atoms with Gasteiger partial charge in [0.15, 0.2) is 0 Å². The second kappa shape index (κ2) is 6.41. The second-order valence-electron chi connectivity index (χ2n) is 7.43. The molecule has 0 bridgehead atoms. The summed E-state index contributed by atoms with van der Waals surface area (Å²) in [6.45, 7) is 13.4. The molecule has 5 heteroatoms. The van der Waals surface area contributed by atoms with Gasteiger partial charge in [-0.3, -0.25) is 0 Å². The van der Waals surface area contributed by atoms with Gasteiger partial charge in [0, 0.05) is 16.4 Å². The highest BCUT2D eigenvalue weighted by molar-refractivity contribution is 5.90. The largest absolute Gasteiger partial charge is 0.423 e. The zero-order chi connectivity index (χ0) is 19.1. The van der Waals surface area contributed by atoms with E-state index in [1.165, 1.54) is 0 Å². The molecule has 0 radical (unpaired) electrons. The Kier molecular flexibility index (Phi) is 4.40. The first-order chi connectivity index (χ1) is 12.2. The molecule has 5 nitrogen and oxygen atoms in total. The molecule has 26 heavy (non-hydrogen) atoms. The van der Waals surface area contributed by atoms with Crippen molar-refractivity contribution >= 4 is 16.9 Å². The number of carbonyl (C=O) groups excluding carboxylic acids is 1. The third-order valence-electron chi connectivity index (χ3n) is 4.05. The first-order valence-corrected chi connectivity index (χ1v) is 8.42. The lowest BCUT2D eigenvalue weighted by Crippen LogP contribution is -2.13. The third kappa shape index (κ3) is 3.38. The predicted molar refractivity (Wildman–Crippen MR) is 101 cm³/mol. The Bertz CT molecular complexity index is 1010. The first-order valence-electron chi connectivity index (χ1n) is 8.42. The third-order valence-corrected chi connectivity index (χ3v) is 4.05. The number of ether oxygens (including phenoxy) is 1. The summed E-state index contributed by atoms with van der Waals surface area (Å²) in [4.78, 5) is 16.4. The Morgan fingerprint density at radius 2 is 1.92 bits per heavy atom. The van der Waals surface area contributed by atoms with Gasteiger partial charge in [-0.25, -0.2) is 9.78 Å². The summed E-state index contributed by atoms with van der Waals surface area (Å²) < 4.78 is 10.7. The molecule has 0 aliphatic rings. The number of esters is 1. The van der Waals surface area contributed by atoms with Gasteiger partial charge >= 0.3 is 5.97 Å². The van der Waals surface area contributed by atoms with E-state index in [1.54, 1.807) is 19.1 Å². The van der Waals surface area contributed by atoms with Gasteiger partial charge in [0.05, 0.1) is 22.5 Å². The number of rotatable bonds is 3. The van der Waals surface area contributed by atoms with Gasteiger partial charge in [-0.2, -0.15) is 0 Å². The summed E-state index contributed by atoms with van der Waals surface area (Å²) in [5.74, 6) is 0.772. The van der Waals surface area contributed by atoms with Crippen molar-refractivity contribution in [1.29, 1.82) is 0 Å². The standard InChI is InChI=1S/C21H22N2O3/c1-12(2)20(24)25-15-8-10-16-14(11-15)7-9-17(22-16)18-13(3)26-23-19(18)21(4,5)6/h7-11H,1H2,2-6H3. The maximum atomic E-state index is 11.7. The van der Waals surface area contributed by atoms with Crippen molar-refractivity contribution in [2.75, 3.05) is 0 Å². The highest BCUT2D eigenvalue weighted by Crippen LogP contribution is 2.34. The Morgan fingerprint density at radius 1 is 1.19 bits per heavy atom. The van der Waals surface area contributed by atoms with Crippen LogP contribution in [0.2, 0.25) is 0 Å². The molecule has 0 atom stereocenters. The van der Waals surface area contributed by atoms with Crippen molar-refractivity contribution in [3.63, 3.8) is 0 Å². The number of benzene rings is 1. The van der Waals surface area contributed by atoms with Gasteiger partial charge in [-0.15, -0.1) is 0 Å². The SMILES string of the molecule is C=C(C)C(=O)Oc1ccc2nc(-c3c(C(C)(C)C)noc3C)ccc2c1. The van der Waals surface area contributed by atoms with Crippen molar-refractivity contribution in [1.82, 2.24) is 10.1 Å².